The maximum atomic E-state index is 12.7. The van der Waals surface area contributed by atoms with Gasteiger partial charge < -0.3 is 10.1 Å². The first kappa shape index (κ1) is 18.0. The van der Waals surface area contributed by atoms with Crippen molar-refractivity contribution >= 4 is 52.4 Å². The highest BCUT2D eigenvalue weighted by Gasteiger charge is 2.38. The Morgan fingerprint density at radius 3 is 2.15 bits per heavy atom. The summed E-state index contributed by atoms with van der Waals surface area (Å²) in [6.07, 6.45) is 0. The van der Waals surface area contributed by atoms with E-state index in [0.717, 1.165) is 4.90 Å². The molecule has 1 aliphatic rings. The van der Waals surface area contributed by atoms with E-state index in [-0.39, 0.29) is 10.7 Å². The van der Waals surface area contributed by atoms with Crippen LogP contribution in [-0.2, 0) is 14.3 Å². The van der Waals surface area contributed by atoms with Gasteiger partial charge in [0.1, 0.15) is 10.7 Å². The Hall–Kier alpha value is -2.83. The quantitative estimate of drug-likeness (QED) is 0.637. The zero-order valence-electron chi connectivity index (χ0n) is 13.5. The number of nitrogens with zero attached hydrogens (tertiary/aromatic N) is 1. The van der Waals surface area contributed by atoms with Gasteiger partial charge in [-0.25, -0.2) is 9.69 Å². The van der Waals surface area contributed by atoms with E-state index < -0.39 is 17.8 Å². The molecular weight excluding hydrogens is 379 g/mol. The van der Waals surface area contributed by atoms with E-state index in [2.05, 4.69) is 10.1 Å². The predicted molar refractivity (Wildman–Crippen MR) is 98.2 cm³/mol. The average Bonchev–Trinajstić information content (AvgIpc) is 2.86. The first-order valence-electron chi connectivity index (χ1n) is 7.42. The lowest BCUT2D eigenvalue weighted by atomic mass is 10.2. The highest BCUT2D eigenvalue weighted by Crippen LogP contribution is 2.30. The van der Waals surface area contributed by atoms with Crippen LogP contribution in [0.2, 0.25) is 5.02 Å². The van der Waals surface area contributed by atoms with E-state index in [4.69, 9.17) is 23.2 Å². The molecule has 0 aliphatic carbocycles. The van der Waals surface area contributed by atoms with E-state index in [1.54, 1.807) is 24.3 Å². The molecule has 26 heavy (non-hydrogen) atoms. The van der Waals surface area contributed by atoms with Crippen LogP contribution in [0.25, 0.3) is 0 Å². The van der Waals surface area contributed by atoms with Crippen LogP contribution in [0.3, 0.4) is 0 Å². The summed E-state index contributed by atoms with van der Waals surface area (Å²) in [5.74, 6) is -1.77. The third-order valence-electron chi connectivity index (χ3n) is 3.69. The molecule has 1 N–H and O–H groups in total. The van der Waals surface area contributed by atoms with Crippen molar-refractivity contribution in [1.29, 1.82) is 0 Å². The molecule has 1 heterocycles. The molecule has 0 spiro atoms. The summed E-state index contributed by atoms with van der Waals surface area (Å²) in [5.41, 5.74) is 1.12. The summed E-state index contributed by atoms with van der Waals surface area (Å²) in [6, 6.07) is 12.5. The molecule has 8 heteroatoms. The third-order valence-corrected chi connectivity index (χ3v) is 4.29. The molecule has 6 nitrogen and oxygen atoms in total. The van der Waals surface area contributed by atoms with E-state index in [1.807, 2.05) is 0 Å². The van der Waals surface area contributed by atoms with Crippen molar-refractivity contribution in [1.82, 2.24) is 0 Å². The van der Waals surface area contributed by atoms with Gasteiger partial charge in [0.2, 0.25) is 0 Å². The van der Waals surface area contributed by atoms with Crippen molar-refractivity contribution in [2.75, 3.05) is 17.3 Å². The normalized spacial score (nSPS) is 14.0. The molecule has 1 aliphatic heterocycles. The lowest BCUT2D eigenvalue weighted by molar-refractivity contribution is -0.120. The third kappa shape index (κ3) is 3.29. The number of esters is 1. The first-order chi connectivity index (χ1) is 12.4. The van der Waals surface area contributed by atoms with Crippen LogP contribution in [0, 0.1) is 0 Å². The Balaban J connectivity index is 1.85. The minimum Gasteiger partial charge on any atom is -0.465 e. The fourth-order valence-corrected chi connectivity index (χ4v) is 2.73. The molecule has 0 aromatic heterocycles. The molecule has 0 bridgehead atoms. The number of carbonyl (C=O) groups is 3. The van der Waals surface area contributed by atoms with Crippen LogP contribution < -0.4 is 10.2 Å². The number of hydrogen-bond donors (Lipinski definition) is 1. The second-order valence-electron chi connectivity index (χ2n) is 5.31. The summed E-state index contributed by atoms with van der Waals surface area (Å²) >= 11 is 11.9. The number of hydrogen-bond acceptors (Lipinski definition) is 5. The van der Waals surface area contributed by atoms with Gasteiger partial charge in [0, 0.05) is 10.7 Å². The Bertz CT molecular complexity index is 921. The van der Waals surface area contributed by atoms with Gasteiger partial charge in [-0.05, 0) is 48.5 Å². The molecule has 3 rings (SSSR count). The van der Waals surface area contributed by atoms with Crippen LogP contribution in [-0.4, -0.2) is 24.9 Å². The molecule has 0 unspecified atom stereocenters. The standard InChI is InChI=1S/C18H12Cl2N2O4/c1-26-18(25)10-2-8-13(9-3-10)22-16(23)14(20)15(17(22)24)21-12-6-4-11(19)5-7-12/h2-9,21H,1H3. The number of rotatable bonds is 4. The molecule has 0 saturated heterocycles. The van der Waals surface area contributed by atoms with Crippen molar-refractivity contribution in [3.05, 3.63) is 69.8 Å². The second kappa shape index (κ2) is 7.19. The summed E-state index contributed by atoms with van der Waals surface area (Å²) in [6.45, 7) is 0. The zero-order chi connectivity index (χ0) is 18.8. The second-order valence-corrected chi connectivity index (χ2v) is 6.12. The van der Waals surface area contributed by atoms with Crippen molar-refractivity contribution in [3.63, 3.8) is 0 Å². The lowest BCUT2D eigenvalue weighted by Gasteiger charge is -2.15. The molecular formula is C18H12Cl2N2O4. The average molecular weight is 391 g/mol. The number of halogens is 2. The first-order valence-corrected chi connectivity index (χ1v) is 8.17. The molecule has 0 atom stereocenters. The molecule has 2 amide bonds. The smallest absolute Gasteiger partial charge is 0.337 e. The van der Waals surface area contributed by atoms with Gasteiger partial charge >= 0.3 is 5.97 Å². The summed E-state index contributed by atoms with van der Waals surface area (Å²) in [4.78, 5) is 37.5. The number of carbonyl (C=O) groups excluding carboxylic acids is 3. The van der Waals surface area contributed by atoms with Crippen molar-refractivity contribution < 1.29 is 19.1 Å². The van der Waals surface area contributed by atoms with Gasteiger partial charge in [-0.15, -0.1) is 0 Å². The van der Waals surface area contributed by atoms with Crippen LogP contribution in [0.4, 0.5) is 11.4 Å². The number of nitrogens with one attached hydrogen (secondary N) is 1. The molecule has 0 saturated carbocycles. The highest BCUT2D eigenvalue weighted by molar-refractivity contribution is 6.53. The fourth-order valence-electron chi connectivity index (χ4n) is 2.39. The van der Waals surface area contributed by atoms with E-state index >= 15 is 0 Å². The molecule has 0 radical (unpaired) electrons. The number of ether oxygens (including phenoxy) is 1. The Morgan fingerprint density at radius 2 is 1.58 bits per heavy atom. The monoisotopic (exact) mass is 390 g/mol. The number of anilines is 2. The van der Waals surface area contributed by atoms with Gasteiger partial charge in [0.05, 0.1) is 18.4 Å². The number of benzene rings is 2. The lowest BCUT2D eigenvalue weighted by Crippen LogP contribution is -2.32. The fraction of sp³-hybridized carbons (Fsp3) is 0.0556. The number of amides is 2. The van der Waals surface area contributed by atoms with Crippen LogP contribution in [0.5, 0.6) is 0 Å². The largest absolute Gasteiger partial charge is 0.465 e. The summed E-state index contributed by atoms with van der Waals surface area (Å²) < 4.78 is 4.62. The highest BCUT2D eigenvalue weighted by atomic mass is 35.5. The Morgan fingerprint density at radius 1 is 0.962 bits per heavy atom. The molecule has 2 aromatic rings. The van der Waals surface area contributed by atoms with Gasteiger partial charge in [-0.2, -0.15) is 0 Å². The minimum absolute atomic E-state index is 0.0315. The van der Waals surface area contributed by atoms with Crippen LogP contribution in [0.15, 0.2) is 59.3 Å². The van der Waals surface area contributed by atoms with Crippen LogP contribution >= 0.6 is 23.2 Å². The van der Waals surface area contributed by atoms with Crippen LogP contribution in [0.1, 0.15) is 10.4 Å². The van der Waals surface area contributed by atoms with Crippen molar-refractivity contribution in [3.8, 4) is 0 Å². The van der Waals surface area contributed by atoms with E-state index in [1.165, 1.54) is 31.4 Å². The van der Waals surface area contributed by atoms with Crippen molar-refractivity contribution in [2.45, 2.75) is 0 Å². The SMILES string of the molecule is COC(=O)c1ccc(N2C(=O)C(Cl)=C(Nc3ccc(Cl)cc3)C2=O)cc1. The van der Waals surface area contributed by atoms with E-state index in [0.29, 0.717) is 22.0 Å². The molecule has 132 valence electrons. The molecule has 0 fully saturated rings. The maximum Gasteiger partial charge on any atom is 0.337 e. The maximum absolute atomic E-state index is 12.7. The van der Waals surface area contributed by atoms with Gasteiger partial charge in [-0.1, -0.05) is 23.2 Å². The Kier molecular flexibility index (Phi) is 4.97. The van der Waals surface area contributed by atoms with Gasteiger partial charge in [-0.3, -0.25) is 9.59 Å². The number of methoxy groups -OCH3 is 1. The minimum atomic E-state index is -0.654. The van der Waals surface area contributed by atoms with Crippen molar-refractivity contribution in [2.24, 2.45) is 0 Å². The van der Waals surface area contributed by atoms with Gasteiger partial charge in [0.25, 0.3) is 11.8 Å². The topological polar surface area (TPSA) is 75.7 Å². The number of imide groups is 1. The summed E-state index contributed by atoms with van der Waals surface area (Å²) in [7, 11) is 1.27. The summed E-state index contributed by atoms with van der Waals surface area (Å²) in [5, 5.41) is 3.16. The Labute approximate surface area is 158 Å². The zero-order valence-corrected chi connectivity index (χ0v) is 15.0. The van der Waals surface area contributed by atoms with E-state index in [9.17, 15) is 14.4 Å². The molecule has 2 aromatic carbocycles. The predicted octanol–water partition coefficient (Wildman–Crippen LogP) is 3.56. The van der Waals surface area contributed by atoms with Gasteiger partial charge in [0.15, 0.2) is 0 Å².